The fourth-order valence-corrected chi connectivity index (χ4v) is 3.59. The van der Waals surface area contributed by atoms with Crippen LogP contribution in [0.25, 0.3) is 10.9 Å². The first kappa shape index (κ1) is 19.4. The van der Waals surface area contributed by atoms with E-state index in [1.165, 1.54) is 16.5 Å². The van der Waals surface area contributed by atoms with Gasteiger partial charge in [0.1, 0.15) is 0 Å². The van der Waals surface area contributed by atoms with Gasteiger partial charge in [0.05, 0.1) is 5.92 Å². The average Bonchev–Trinajstić information content (AvgIpc) is 3.22. The molecule has 1 aromatic carbocycles. The van der Waals surface area contributed by atoms with Crippen LogP contribution in [-0.4, -0.2) is 54.5 Å². The van der Waals surface area contributed by atoms with Gasteiger partial charge in [0.25, 0.3) is 0 Å². The van der Waals surface area contributed by atoms with Crippen molar-refractivity contribution in [2.45, 2.75) is 33.1 Å². The molecule has 1 aliphatic heterocycles. The lowest BCUT2D eigenvalue weighted by Crippen LogP contribution is -2.34. The first-order valence-electron chi connectivity index (χ1n) is 9.78. The summed E-state index contributed by atoms with van der Waals surface area (Å²) in [5.74, 6) is -0.194. The highest BCUT2D eigenvalue weighted by molar-refractivity contribution is 5.89. The van der Waals surface area contributed by atoms with Crippen molar-refractivity contribution in [1.82, 2.24) is 15.2 Å². The van der Waals surface area contributed by atoms with E-state index in [2.05, 4.69) is 35.4 Å². The molecule has 1 aromatic heterocycles. The van der Waals surface area contributed by atoms with Gasteiger partial charge in [-0.2, -0.15) is 0 Å². The van der Waals surface area contributed by atoms with E-state index in [1.807, 2.05) is 18.0 Å². The van der Waals surface area contributed by atoms with Crippen molar-refractivity contribution < 1.29 is 14.3 Å². The number of carbonyl (C=O) groups is 2. The molecular weight excluding hydrogens is 342 g/mol. The summed E-state index contributed by atoms with van der Waals surface area (Å²) in [6.45, 7) is 7.13. The van der Waals surface area contributed by atoms with E-state index in [0.717, 1.165) is 18.4 Å². The van der Waals surface area contributed by atoms with Crippen molar-refractivity contribution in [2.75, 3.05) is 32.8 Å². The number of benzene rings is 1. The second-order valence-corrected chi connectivity index (χ2v) is 7.20. The molecule has 0 spiro atoms. The van der Waals surface area contributed by atoms with E-state index in [0.29, 0.717) is 39.3 Å². The summed E-state index contributed by atoms with van der Waals surface area (Å²) in [4.78, 5) is 29.7. The van der Waals surface area contributed by atoms with Gasteiger partial charge in [0.15, 0.2) is 0 Å². The number of rotatable bonds is 9. The zero-order valence-corrected chi connectivity index (χ0v) is 16.2. The summed E-state index contributed by atoms with van der Waals surface area (Å²) < 4.78 is 5.26. The summed E-state index contributed by atoms with van der Waals surface area (Å²) >= 11 is 0. The third-order valence-corrected chi connectivity index (χ3v) is 5.13. The Morgan fingerprint density at radius 2 is 2.26 bits per heavy atom. The SMILES string of the molecule is CCOCCCNC(=O)C1CC(=O)N(CCc2c[nH]c3ccc(C)cc23)C1. The minimum atomic E-state index is -0.241. The lowest BCUT2D eigenvalue weighted by Gasteiger charge is -2.16. The number of amides is 2. The summed E-state index contributed by atoms with van der Waals surface area (Å²) in [7, 11) is 0. The van der Waals surface area contributed by atoms with Crippen LogP contribution >= 0.6 is 0 Å². The monoisotopic (exact) mass is 371 g/mol. The second kappa shape index (κ2) is 9.04. The molecular formula is C21H29N3O3. The van der Waals surface area contributed by atoms with Crippen LogP contribution in [0.1, 0.15) is 30.9 Å². The number of hydrogen-bond acceptors (Lipinski definition) is 3. The number of ether oxygens (including phenoxy) is 1. The van der Waals surface area contributed by atoms with E-state index in [-0.39, 0.29) is 17.7 Å². The molecule has 6 heteroatoms. The maximum atomic E-state index is 12.3. The smallest absolute Gasteiger partial charge is 0.225 e. The number of hydrogen-bond donors (Lipinski definition) is 2. The van der Waals surface area contributed by atoms with Gasteiger partial charge in [0, 0.05) is 56.4 Å². The Morgan fingerprint density at radius 1 is 1.41 bits per heavy atom. The average molecular weight is 371 g/mol. The molecule has 146 valence electrons. The van der Waals surface area contributed by atoms with Crippen LogP contribution in [0, 0.1) is 12.8 Å². The van der Waals surface area contributed by atoms with Crippen molar-refractivity contribution in [3.05, 3.63) is 35.5 Å². The topological polar surface area (TPSA) is 74.4 Å². The van der Waals surface area contributed by atoms with Gasteiger partial charge in [-0.05, 0) is 44.4 Å². The molecule has 2 heterocycles. The van der Waals surface area contributed by atoms with Crippen LogP contribution in [0.3, 0.4) is 0 Å². The third kappa shape index (κ3) is 4.89. The van der Waals surface area contributed by atoms with Crippen molar-refractivity contribution in [1.29, 1.82) is 0 Å². The molecule has 2 amide bonds. The number of H-pyrrole nitrogens is 1. The van der Waals surface area contributed by atoms with Crippen LogP contribution in [0.4, 0.5) is 0 Å². The summed E-state index contributed by atoms with van der Waals surface area (Å²) in [5, 5.41) is 4.14. The van der Waals surface area contributed by atoms with E-state index in [1.54, 1.807) is 0 Å². The van der Waals surface area contributed by atoms with Crippen molar-refractivity contribution >= 4 is 22.7 Å². The van der Waals surface area contributed by atoms with E-state index in [9.17, 15) is 9.59 Å². The molecule has 1 atom stereocenters. The van der Waals surface area contributed by atoms with Gasteiger partial charge < -0.3 is 19.9 Å². The Bertz CT molecular complexity index is 799. The van der Waals surface area contributed by atoms with Crippen LogP contribution in [0.5, 0.6) is 0 Å². The third-order valence-electron chi connectivity index (χ3n) is 5.13. The summed E-state index contributed by atoms with van der Waals surface area (Å²) in [6, 6.07) is 6.34. The molecule has 0 aliphatic carbocycles. The van der Waals surface area contributed by atoms with Crippen LogP contribution in [0.15, 0.2) is 24.4 Å². The molecule has 27 heavy (non-hydrogen) atoms. The molecule has 2 aromatic rings. The van der Waals surface area contributed by atoms with Crippen LogP contribution < -0.4 is 5.32 Å². The normalized spacial score (nSPS) is 17.0. The maximum absolute atomic E-state index is 12.3. The first-order chi connectivity index (χ1) is 13.1. The molecule has 6 nitrogen and oxygen atoms in total. The standard InChI is InChI=1S/C21H29N3O3/c1-3-27-10-4-8-22-21(26)17-12-20(25)24(14-17)9-7-16-13-23-19-6-5-15(2)11-18(16)19/h5-6,11,13,17,23H,3-4,7-10,12,14H2,1-2H3,(H,22,26). The lowest BCUT2D eigenvalue weighted by molar-refractivity contribution is -0.129. The minimum absolute atomic E-state index is 0.0231. The maximum Gasteiger partial charge on any atom is 0.225 e. The number of carbonyl (C=O) groups excluding carboxylic acids is 2. The van der Waals surface area contributed by atoms with E-state index < -0.39 is 0 Å². The van der Waals surface area contributed by atoms with Crippen molar-refractivity contribution in [2.24, 2.45) is 5.92 Å². The molecule has 2 N–H and O–H groups in total. The van der Waals surface area contributed by atoms with Crippen LogP contribution in [0.2, 0.25) is 0 Å². The number of aromatic nitrogens is 1. The molecule has 1 unspecified atom stereocenters. The Labute approximate surface area is 160 Å². The molecule has 3 rings (SSSR count). The Morgan fingerprint density at radius 3 is 3.07 bits per heavy atom. The quantitative estimate of drug-likeness (QED) is 0.665. The predicted molar refractivity (Wildman–Crippen MR) is 106 cm³/mol. The second-order valence-electron chi connectivity index (χ2n) is 7.20. The molecule has 1 saturated heterocycles. The first-order valence-corrected chi connectivity index (χ1v) is 9.78. The fourth-order valence-electron chi connectivity index (χ4n) is 3.59. The fraction of sp³-hybridized carbons (Fsp3) is 0.524. The number of likely N-dealkylation sites (tertiary alicyclic amines) is 1. The minimum Gasteiger partial charge on any atom is -0.382 e. The molecule has 0 radical (unpaired) electrons. The lowest BCUT2D eigenvalue weighted by atomic mass is 10.1. The zero-order valence-electron chi connectivity index (χ0n) is 16.2. The number of aryl methyl sites for hydroxylation is 1. The molecule has 0 bridgehead atoms. The number of fused-ring (bicyclic) bond motifs is 1. The highest BCUT2D eigenvalue weighted by atomic mass is 16.5. The Balaban J connectivity index is 1.49. The molecule has 0 saturated carbocycles. The van der Waals surface area contributed by atoms with Gasteiger partial charge in [-0.15, -0.1) is 0 Å². The van der Waals surface area contributed by atoms with Crippen molar-refractivity contribution in [3.8, 4) is 0 Å². The summed E-state index contributed by atoms with van der Waals surface area (Å²) in [6.07, 6.45) is 3.92. The van der Waals surface area contributed by atoms with E-state index >= 15 is 0 Å². The number of nitrogens with zero attached hydrogens (tertiary/aromatic N) is 1. The van der Waals surface area contributed by atoms with Gasteiger partial charge in [-0.25, -0.2) is 0 Å². The molecule has 1 fully saturated rings. The van der Waals surface area contributed by atoms with E-state index in [4.69, 9.17) is 4.74 Å². The predicted octanol–water partition coefficient (Wildman–Crippen LogP) is 2.41. The summed E-state index contributed by atoms with van der Waals surface area (Å²) in [5.41, 5.74) is 3.56. The van der Waals surface area contributed by atoms with Gasteiger partial charge in [0.2, 0.25) is 11.8 Å². The Kier molecular flexibility index (Phi) is 6.50. The van der Waals surface area contributed by atoms with Gasteiger partial charge in [-0.3, -0.25) is 9.59 Å². The highest BCUT2D eigenvalue weighted by Crippen LogP contribution is 2.22. The largest absolute Gasteiger partial charge is 0.382 e. The van der Waals surface area contributed by atoms with Gasteiger partial charge in [-0.1, -0.05) is 11.6 Å². The highest BCUT2D eigenvalue weighted by Gasteiger charge is 2.33. The van der Waals surface area contributed by atoms with Gasteiger partial charge >= 0.3 is 0 Å². The zero-order chi connectivity index (χ0) is 19.2. The Hall–Kier alpha value is -2.34. The molecule has 1 aliphatic rings. The number of nitrogens with one attached hydrogen (secondary N) is 2. The number of aromatic amines is 1. The van der Waals surface area contributed by atoms with Crippen molar-refractivity contribution in [3.63, 3.8) is 0 Å². The van der Waals surface area contributed by atoms with Crippen LogP contribution in [-0.2, 0) is 20.7 Å².